The second-order valence-electron chi connectivity index (χ2n) is 9.62. The first-order chi connectivity index (χ1) is 17.1. The van der Waals surface area contributed by atoms with Crippen LogP contribution >= 0.6 is 22.9 Å². The Morgan fingerprint density at radius 1 is 1.19 bits per heavy atom. The van der Waals surface area contributed by atoms with E-state index in [4.69, 9.17) is 16.3 Å². The second-order valence-corrected chi connectivity index (χ2v) is 11.1. The number of benzene rings is 2. The highest BCUT2D eigenvalue weighted by Gasteiger charge is 2.36. The number of hydrogen-bond donors (Lipinski definition) is 1. The molecule has 2 heterocycles. The smallest absolute Gasteiger partial charge is 0.322 e. The second kappa shape index (κ2) is 10.9. The van der Waals surface area contributed by atoms with E-state index in [0.717, 1.165) is 12.0 Å². The van der Waals surface area contributed by atoms with Gasteiger partial charge in [0.25, 0.3) is 0 Å². The number of anilines is 1. The fourth-order valence-electron chi connectivity index (χ4n) is 4.20. The van der Waals surface area contributed by atoms with Crippen molar-refractivity contribution in [1.82, 2.24) is 9.80 Å². The lowest BCUT2D eigenvalue weighted by atomic mass is 10.00. The van der Waals surface area contributed by atoms with Crippen LogP contribution in [-0.2, 0) is 11.2 Å². The summed E-state index contributed by atoms with van der Waals surface area (Å²) in [4.78, 5) is 31.3. The Morgan fingerprint density at radius 2 is 1.97 bits per heavy atom. The number of carbonyl (C=O) groups is 2. The summed E-state index contributed by atoms with van der Waals surface area (Å²) < 4.78 is 19.6. The van der Waals surface area contributed by atoms with Gasteiger partial charge in [0, 0.05) is 33.7 Å². The maximum absolute atomic E-state index is 13.6. The molecule has 0 bridgehead atoms. The molecule has 1 unspecified atom stereocenters. The van der Waals surface area contributed by atoms with Crippen molar-refractivity contribution in [3.63, 3.8) is 0 Å². The van der Waals surface area contributed by atoms with Crippen LogP contribution in [0.2, 0.25) is 5.02 Å². The van der Waals surface area contributed by atoms with Crippen LogP contribution < -0.4 is 10.1 Å². The molecule has 190 valence electrons. The summed E-state index contributed by atoms with van der Waals surface area (Å²) in [5.74, 6) is -0.162. The molecule has 0 fully saturated rings. The zero-order chi connectivity index (χ0) is 25.9. The molecule has 9 heteroatoms. The predicted octanol–water partition coefficient (Wildman–Crippen LogP) is 6.38. The fourth-order valence-corrected chi connectivity index (χ4v) is 5.32. The van der Waals surface area contributed by atoms with Gasteiger partial charge in [-0.3, -0.25) is 4.79 Å². The molecule has 0 saturated carbocycles. The van der Waals surface area contributed by atoms with Crippen molar-refractivity contribution in [2.24, 2.45) is 0 Å². The fraction of sp³-hybridized carbons (Fsp3) is 0.333. The van der Waals surface area contributed by atoms with Gasteiger partial charge >= 0.3 is 6.03 Å². The van der Waals surface area contributed by atoms with Crippen LogP contribution in [0.15, 0.2) is 60.0 Å². The Kier molecular flexibility index (Phi) is 7.85. The third-order valence-corrected chi connectivity index (χ3v) is 7.27. The van der Waals surface area contributed by atoms with Gasteiger partial charge in [-0.15, -0.1) is 11.3 Å². The minimum atomic E-state index is -0.616. The molecular formula is C27H29ClFN3O3S. The van der Waals surface area contributed by atoms with Gasteiger partial charge in [0.2, 0.25) is 5.91 Å². The third-order valence-electron chi connectivity index (χ3n) is 6.04. The van der Waals surface area contributed by atoms with Crippen molar-refractivity contribution >= 4 is 40.6 Å². The minimum Gasteiger partial charge on any atom is -0.491 e. The molecule has 6 nitrogen and oxygen atoms in total. The van der Waals surface area contributed by atoms with Crippen molar-refractivity contribution in [1.29, 1.82) is 0 Å². The lowest BCUT2D eigenvalue weighted by Gasteiger charge is -2.40. The molecule has 36 heavy (non-hydrogen) atoms. The number of nitrogens with one attached hydrogen (secondary N) is 1. The predicted molar refractivity (Wildman–Crippen MR) is 141 cm³/mol. The van der Waals surface area contributed by atoms with E-state index in [1.807, 2.05) is 32.2 Å². The Bertz CT molecular complexity index is 1240. The lowest BCUT2D eigenvalue weighted by Crippen LogP contribution is -2.54. The van der Waals surface area contributed by atoms with E-state index < -0.39 is 5.54 Å². The van der Waals surface area contributed by atoms with Gasteiger partial charge in [0.15, 0.2) is 0 Å². The molecule has 3 aromatic rings. The van der Waals surface area contributed by atoms with Gasteiger partial charge in [-0.1, -0.05) is 23.7 Å². The van der Waals surface area contributed by atoms with Crippen LogP contribution in [0.4, 0.5) is 14.9 Å². The number of fused-ring (bicyclic) bond motifs is 1. The maximum atomic E-state index is 13.6. The van der Waals surface area contributed by atoms with Crippen LogP contribution in [-0.4, -0.2) is 47.0 Å². The molecule has 0 aliphatic carbocycles. The topological polar surface area (TPSA) is 61.9 Å². The molecule has 0 radical (unpaired) electrons. The van der Waals surface area contributed by atoms with Gasteiger partial charge in [-0.25, -0.2) is 9.18 Å². The molecule has 3 amide bonds. The van der Waals surface area contributed by atoms with Gasteiger partial charge in [0.05, 0.1) is 6.04 Å². The summed E-state index contributed by atoms with van der Waals surface area (Å²) in [5.41, 5.74) is 0.966. The van der Waals surface area contributed by atoms with Gasteiger partial charge in [-0.05, 0) is 74.5 Å². The van der Waals surface area contributed by atoms with Crippen LogP contribution in [0.25, 0.3) is 0 Å². The quantitative estimate of drug-likeness (QED) is 0.403. The van der Waals surface area contributed by atoms with Crippen LogP contribution in [0.3, 0.4) is 0 Å². The average molecular weight is 530 g/mol. The van der Waals surface area contributed by atoms with E-state index in [2.05, 4.69) is 5.32 Å². The number of urea groups is 1. The Hall–Kier alpha value is -3.10. The number of hydrogen-bond acceptors (Lipinski definition) is 4. The zero-order valence-corrected chi connectivity index (χ0v) is 22.0. The lowest BCUT2D eigenvalue weighted by molar-refractivity contribution is -0.136. The number of halogens is 2. The number of carbonyl (C=O) groups excluding carboxylic acids is 2. The Balaban J connectivity index is 1.52. The summed E-state index contributed by atoms with van der Waals surface area (Å²) in [6, 6.07) is 14.1. The summed E-state index contributed by atoms with van der Waals surface area (Å²) >= 11 is 7.71. The first-order valence-corrected chi connectivity index (χ1v) is 13.0. The van der Waals surface area contributed by atoms with Crippen molar-refractivity contribution in [2.75, 3.05) is 25.0 Å². The molecular weight excluding hydrogens is 501 g/mol. The Labute approximate surface area is 219 Å². The molecule has 4 rings (SSSR count). The summed E-state index contributed by atoms with van der Waals surface area (Å²) in [6.45, 7) is 6.24. The highest BCUT2D eigenvalue weighted by Crippen LogP contribution is 2.34. The van der Waals surface area contributed by atoms with E-state index in [-0.39, 0.29) is 36.9 Å². The van der Waals surface area contributed by atoms with E-state index in [0.29, 0.717) is 23.0 Å². The summed E-state index contributed by atoms with van der Waals surface area (Å²) in [7, 11) is 0. The average Bonchev–Trinajstić information content (AvgIpc) is 3.29. The molecule has 0 saturated heterocycles. The molecule has 1 aromatic heterocycles. The van der Waals surface area contributed by atoms with E-state index in [1.54, 1.807) is 52.6 Å². The van der Waals surface area contributed by atoms with Crippen molar-refractivity contribution in [3.05, 3.63) is 81.3 Å². The van der Waals surface area contributed by atoms with E-state index in [9.17, 15) is 14.0 Å². The van der Waals surface area contributed by atoms with Crippen molar-refractivity contribution in [3.8, 4) is 5.75 Å². The van der Waals surface area contributed by atoms with Crippen molar-refractivity contribution in [2.45, 2.75) is 38.8 Å². The molecule has 1 N–H and O–H groups in total. The largest absolute Gasteiger partial charge is 0.491 e. The molecule has 1 aliphatic heterocycles. The third kappa shape index (κ3) is 6.17. The van der Waals surface area contributed by atoms with E-state index >= 15 is 0 Å². The minimum absolute atomic E-state index is 0.105. The normalized spacial score (nSPS) is 15.2. The van der Waals surface area contributed by atoms with Gasteiger partial charge in [-0.2, -0.15) is 0 Å². The van der Waals surface area contributed by atoms with Crippen LogP contribution in [0.5, 0.6) is 5.75 Å². The SMILES string of the molecule is CC(C)(C)N(CC(=O)N1CCc2sccc2C1COc1cccc(F)c1)C(=O)Nc1cccc(Cl)c1. The van der Waals surface area contributed by atoms with Crippen LogP contribution in [0, 0.1) is 5.82 Å². The maximum Gasteiger partial charge on any atom is 0.322 e. The van der Waals surface area contributed by atoms with Crippen molar-refractivity contribution < 1.29 is 18.7 Å². The molecule has 1 aliphatic rings. The first kappa shape index (κ1) is 26.0. The van der Waals surface area contributed by atoms with Crippen LogP contribution in [0.1, 0.15) is 37.3 Å². The molecule has 2 aromatic carbocycles. The zero-order valence-electron chi connectivity index (χ0n) is 20.5. The molecule has 1 atom stereocenters. The van der Waals surface area contributed by atoms with Gasteiger partial charge < -0.3 is 19.9 Å². The first-order valence-electron chi connectivity index (χ1n) is 11.7. The monoisotopic (exact) mass is 529 g/mol. The number of ether oxygens (including phenoxy) is 1. The highest BCUT2D eigenvalue weighted by atomic mass is 35.5. The number of nitrogens with zero attached hydrogens (tertiary/aromatic N) is 2. The Morgan fingerprint density at radius 3 is 2.69 bits per heavy atom. The number of amides is 3. The highest BCUT2D eigenvalue weighted by molar-refractivity contribution is 7.10. The summed E-state index contributed by atoms with van der Waals surface area (Å²) in [5, 5.41) is 5.36. The standard InChI is InChI=1S/C27H29ClFN3O3S/c1-27(2,3)32(26(34)30-20-8-4-6-18(28)14-20)16-25(33)31-12-10-24-22(11-13-36-24)23(31)17-35-21-9-5-7-19(29)15-21/h4-9,11,13-15,23H,10,12,16-17H2,1-3H3,(H,30,34). The number of thiophene rings is 1. The summed E-state index contributed by atoms with van der Waals surface area (Å²) in [6.07, 6.45) is 0.736. The molecule has 0 spiro atoms. The van der Waals surface area contributed by atoms with E-state index in [1.165, 1.54) is 21.9 Å². The number of rotatable bonds is 6. The van der Waals surface area contributed by atoms with Gasteiger partial charge in [0.1, 0.15) is 24.7 Å².